The first-order valence-electron chi connectivity index (χ1n) is 10.6. The predicted molar refractivity (Wildman–Crippen MR) is 124 cm³/mol. The van der Waals surface area contributed by atoms with Crippen LogP contribution < -0.4 is 5.32 Å². The number of hydrogen-bond acceptors (Lipinski definition) is 4. The lowest BCUT2D eigenvalue weighted by Crippen LogP contribution is -2.54. The van der Waals surface area contributed by atoms with Crippen molar-refractivity contribution in [1.29, 1.82) is 0 Å². The molecule has 1 N–H and O–H groups in total. The van der Waals surface area contributed by atoms with Gasteiger partial charge in [0.1, 0.15) is 0 Å². The number of carbonyl (C=O) groups excluding carboxylic acids is 2. The van der Waals surface area contributed by atoms with Crippen LogP contribution in [-0.2, 0) is 22.4 Å². The molecule has 3 aromatic rings. The Morgan fingerprint density at radius 2 is 2.06 bits per heavy atom. The summed E-state index contributed by atoms with van der Waals surface area (Å²) in [4.78, 5) is 33.4. The van der Waals surface area contributed by atoms with E-state index in [1.165, 1.54) is 10.4 Å². The quantitative estimate of drug-likeness (QED) is 0.640. The molecule has 6 heteroatoms. The maximum absolute atomic E-state index is 13.1. The summed E-state index contributed by atoms with van der Waals surface area (Å²) in [5.41, 5.74) is 2.42. The van der Waals surface area contributed by atoms with Gasteiger partial charge in [0.2, 0.25) is 11.8 Å². The second kappa shape index (κ2) is 9.43. The van der Waals surface area contributed by atoms with E-state index in [1.54, 1.807) is 24.6 Å². The van der Waals surface area contributed by atoms with Crippen molar-refractivity contribution in [3.8, 4) is 10.4 Å². The minimum atomic E-state index is -0.624. The van der Waals surface area contributed by atoms with Gasteiger partial charge in [0.15, 0.2) is 0 Å². The summed E-state index contributed by atoms with van der Waals surface area (Å²) >= 11 is 1.71. The minimum absolute atomic E-state index is 0.00404. The Kier molecular flexibility index (Phi) is 6.47. The van der Waals surface area contributed by atoms with Crippen LogP contribution in [-0.4, -0.2) is 41.8 Å². The van der Waals surface area contributed by atoms with E-state index in [0.717, 1.165) is 24.1 Å². The molecule has 5 nitrogen and oxygen atoms in total. The van der Waals surface area contributed by atoms with E-state index in [0.29, 0.717) is 19.5 Å². The highest BCUT2D eigenvalue weighted by molar-refractivity contribution is 7.13. The van der Waals surface area contributed by atoms with Crippen LogP contribution in [0.25, 0.3) is 10.4 Å². The van der Waals surface area contributed by atoms with Crippen molar-refractivity contribution in [2.75, 3.05) is 20.1 Å². The zero-order chi connectivity index (χ0) is 21.7. The lowest BCUT2D eigenvalue weighted by Gasteiger charge is -2.41. The molecule has 1 unspecified atom stereocenters. The number of nitrogens with one attached hydrogen (secondary N) is 1. The van der Waals surface area contributed by atoms with Crippen LogP contribution in [0, 0.1) is 5.41 Å². The predicted octanol–water partition coefficient (Wildman–Crippen LogP) is 3.95. The Balaban J connectivity index is 1.55. The fraction of sp³-hybridized carbons (Fsp3) is 0.320. The molecule has 1 aliphatic heterocycles. The van der Waals surface area contributed by atoms with Gasteiger partial charge >= 0.3 is 0 Å². The highest BCUT2D eigenvalue weighted by Crippen LogP contribution is 2.36. The standard InChI is InChI=1S/C25H27N3O2S/c1-26-24(30)25(17-19-7-4-8-20(15-19)22-10-5-14-31-22)11-6-13-28(18-25)23(29)16-21-9-2-3-12-27-21/h2-5,7-10,12,14-15H,6,11,13,16-18H2,1H3,(H,26,30). The molecule has 4 rings (SSSR count). The number of benzene rings is 1. The van der Waals surface area contributed by atoms with Gasteiger partial charge in [-0.25, -0.2) is 0 Å². The van der Waals surface area contributed by atoms with Gasteiger partial charge in [-0.3, -0.25) is 14.6 Å². The molecule has 0 bridgehead atoms. The van der Waals surface area contributed by atoms with E-state index in [2.05, 4.69) is 46.0 Å². The zero-order valence-electron chi connectivity index (χ0n) is 17.7. The third-order valence-electron chi connectivity index (χ3n) is 5.97. The van der Waals surface area contributed by atoms with Crippen LogP contribution >= 0.6 is 11.3 Å². The smallest absolute Gasteiger partial charge is 0.228 e. The van der Waals surface area contributed by atoms with Crippen molar-refractivity contribution in [3.05, 3.63) is 77.4 Å². The van der Waals surface area contributed by atoms with Crippen LogP contribution in [0.2, 0.25) is 0 Å². The number of pyridine rings is 1. The van der Waals surface area contributed by atoms with Crippen LogP contribution in [0.5, 0.6) is 0 Å². The molecule has 0 radical (unpaired) electrons. The number of nitrogens with zero attached hydrogens (tertiary/aromatic N) is 2. The highest BCUT2D eigenvalue weighted by Gasteiger charge is 2.43. The average molecular weight is 434 g/mol. The number of amides is 2. The lowest BCUT2D eigenvalue weighted by molar-refractivity contribution is -0.141. The molecule has 0 spiro atoms. The Bertz CT molecular complexity index is 1040. The summed E-state index contributed by atoms with van der Waals surface area (Å²) in [5, 5.41) is 4.93. The largest absolute Gasteiger partial charge is 0.359 e. The summed E-state index contributed by atoms with van der Waals surface area (Å²) in [7, 11) is 1.68. The van der Waals surface area contributed by atoms with Crippen LogP contribution in [0.3, 0.4) is 0 Å². The third-order valence-corrected chi connectivity index (χ3v) is 6.89. The summed E-state index contributed by atoms with van der Waals surface area (Å²) in [6.45, 7) is 1.11. The van der Waals surface area contributed by atoms with Crippen LogP contribution in [0.4, 0.5) is 0 Å². The Morgan fingerprint density at radius 3 is 2.81 bits per heavy atom. The van der Waals surface area contributed by atoms with E-state index in [-0.39, 0.29) is 18.2 Å². The minimum Gasteiger partial charge on any atom is -0.359 e. The fourth-order valence-corrected chi connectivity index (χ4v) is 5.18. The molecular weight excluding hydrogens is 406 g/mol. The molecular formula is C25H27N3O2S. The summed E-state index contributed by atoms with van der Waals surface area (Å²) in [5.74, 6) is 0.0309. The maximum atomic E-state index is 13.1. The number of likely N-dealkylation sites (tertiary alicyclic amines) is 1. The molecule has 2 amide bonds. The van der Waals surface area contributed by atoms with Crippen molar-refractivity contribution in [2.24, 2.45) is 5.41 Å². The van der Waals surface area contributed by atoms with E-state index in [4.69, 9.17) is 0 Å². The number of carbonyl (C=O) groups is 2. The summed E-state index contributed by atoms with van der Waals surface area (Å²) in [6.07, 6.45) is 4.15. The number of hydrogen-bond donors (Lipinski definition) is 1. The van der Waals surface area contributed by atoms with Crippen LogP contribution in [0.15, 0.2) is 66.2 Å². The highest BCUT2D eigenvalue weighted by atomic mass is 32.1. The van der Waals surface area contributed by atoms with Gasteiger partial charge in [0.05, 0.1) is 11.8 Å². The second-order valence-corrected chi connectivity index (χ2v) is 9.08. The van der Waals surface area contributed by atoms with Crippen molar-refractivity contribution >= 4 is 23.2 Å². The topological polar surface area (TPSA) is 62.3 Å². The first-order valence-corrected chi connectivity index (χ1v) is 11.5. The second-order valence-electron chi connectivity index (χ2n) is 8.13. The monoisotopic (exact) mass is 433 g/mol. The van der Waals surface area contributed by atoms with Gasteiger partial charge in [-0.15, -0.1) is 11.3 Å². The van der Waals surface area contributed by atoms with E-state index >= 15 is 0 Å². The Morgan fingerprint density at radius 1 is 1.16 bits per heavy atom. The number of thiophene rings is 1. The van der Waals surface area contributed by atoms with Gasteiger partial charge in [-0.2, -0.15) is 0 Å². The normalized spacial score (nSPS) is 18.5. The van der Waals surface area contributed by atoms with E-state index in [9.17, 15) is 9.59 Å². The molecule has 1 atom stereocenters. The van der Waals surface area contributed by atoms with Crippen LogP contribution in [0.1, 0.15) is 24.1 Å². The first kappa shape index (κ1) is 21.2. The third kappa shape index (κ3) is 4.85. The number of aromatic nitrogens is 1. The van der Waals surface area contributed by atoms with Gasteiger partial charge in [-0.05, 0) is 54.0 Å². The molecule has 1 aliphatic rings. The van der Waals surface area contributed by atoms with Gasteiger partial charge in [0, 0.05) is 36.9 Å². The molecule has 1 saturated heterocycles. The van der Waals surface area contributed by atoms with E-state index < -0.39 is 5.41 Å². The average Bonchev–Trinajstić information content (AvgIpc) is 3.34. The number of piperidine rings is 1. The zero-order valence-corrected chi connectivity index (χ0v) is 18.5. The molecule has 2 aromatic heterocycles. The van der Waals surface area contributed by atoms with Crippen molar-refractivity contribution in [2.45, 2.75) is 25.7 Å². The SMILES string of the molecule is CNC(=O)C1(Cc2cccc(-c3cccs3)c2)CCCN(C(=O)Cc2ccccn2)C1. The lowest BCUT2D eigenvalue weighted by atomic mass is 9.74. The van der Waals surface area contributed by atoms with Gasteiger partial charge in [-0.1, -0.05) is 36.4 Å². The van der Waals surface area contributed by atoms with Gasteiger partial charge < -0.3 is 10.2 Å². The molecule has 160 valence electrons. The molecule has 0 aliphatic carbocycles. The summed E-state index contributed by atoms with van der Waals surface area (Å²) in [6, 6.07) is 18.2. The maximum Gasteiger partial charge on any atom is 0.228 e. The molecule has 1 fully saturated rings. The molecule has 0 saturated carbocycles. The first-order chi connectivity index (χ1) is 15.1. The van der Waals surface area contributed by atoms with Crippen molar-refractivity contribution < 1.29 is 9.59 Å². The molecule has 3 heterocycles. The van der Waals surface area contributed by atoms with Crippen molar-refractivity contribution in [1.82, 2.24) is 15.2 Å². The molecule has 1 aromatic carbocycles. The Labute approximate surface area is 187 Å². The van der Waals surface area contributed by atoms with Gasteiger partial charge in [0.25, 0.3) is 0 Å². The Hall–Kier alpha value is -2.99. The molecule has 31 heavy (non-hydrogen) atoms. The summed E-state index contributed by atoms with van der Waals surface area (Å²) < 4.78 is 0. The van der Waals surface area contributed by atoms with Crippen molar-refractivity contribution in [3.63, 3.8) is 0 Å². The van der Waals surface area contributed by atoms with E-state index in [1.807, 2.05) is 29.2 Å². The fourth-order valence-electron chi connectivity index (χ4n) is 4.46. The number of rotatable bonds is 6.